The van der Waals surface area contributed by atoms with Crippen molar-refractivity contribution in [1.82, 2.24) is 9.78 Å². The lowest BCUT2D eigenvalue weighted by Gasteiger charge is -2.20. The molecular formula is C19H19N3O6. The van der Waals surface area contributed by atoms with Crippen LogP contribution in [0.3, 0.4) is 0 Å². The molecule has 0 spiro atoms. The van der Waals surface area contributed by atoms with Gasteiger partial charge >= 0.3 is 5.69 Å². The van der Waals surface area contributed by atoms with Crippen molar-refractivity contribution in [2.45, 2.75) is 12.8 Å². The number of aromatic nitrogens is 2. The summed E-state index contributed by atoms with van der Waals surface area (Å²) >= 11 is 0. The zero-order valence-corrected chi connectivity index (χ0v) is 15.7. The van der Waals surface area contributed by atoms with Crippen LogP contribution < -0.4 is 9.47 Å². The number of nitrogens with zero attached hydrogens (tertiary/aromatic N) is 3. The second-order valence-electron chi connectivity index (χ2n) is 6.39. The molecule has 0 amide bonds. The Morgan fingerprint density at radius 3 is 2.43 bits per heavy atom. The van der Waals surface area contributed by atoms with E-state index in [4.69, 9.17) is 9.47 Å². The summed E-state index contributed by atoms with van der Waals surface area (Å²) in [5.41, 5.74) is 0.962. The van der Waals surface area contributed by atoms with Crippen LogP contribution in [0.4, 0.5) is 5.69 Å². The standard InChI is InChI=1S/C19H19N3O6/c1-21-18(16(10-20-21)22(25)26)19(24)15-5-4-11(8-17(15)23)12-6-13(27-2)9-14(7-12)28-3/h6-10,15H,4-5H2,1-3H3. The third kappa shape index (κ3) is 3.51. The van der Waals surface area contributed by atoms with Gasteiger partial charge in [-0.2, -0.15) is 5.10 Å². The molecule has 1 heterocycles. The Balaban J connectivity index is 1.91. The fourth-order valence-corrected chi connectivity index (χ4v) is 3.28. The van der Waals surface area contributed by atoms with E-state index in [-0.39, 0.29) is 17.9 Å². The molecule has 0 radical (unpaired) electrons. The van der Waals surface area contributed by atoms with E-state index in [0.29, 0.717) is 17.9 Å². The zero-order valence-electron chi connectivity index (χ0n) is 15.7. The van der Waals surface area contributed by atoms with E-state index >= 15 is 0 Å². The molecule has 2 aromatic rings. The molecule has 1 aliphatic rings. The van der Waals surface area contributed by atoms with E-state index in [1.165, 1.54) is 27.3 Å². The van der Waals surface area contributed by atoms with Gasteiger partial charge in [0.1, 0.15) is 17.7 Å². The summed E-state index contributed by atoms with van der Waals surface area (Å²) in [5.74, 6) is -0.762. The molecular weight excluding hydrogens is 366 g/mol. The van der Waals surface area contributed by atoms with E-state index in [1.807, 2.05) is 0 Å². The molecule has 1 aromatic heterocycles. The van der Waals surface area contributed by atoms with Crippen molar-refractivity contribution in [2.75, 3.05) is 14.2 Å². The highest BCUT2D eigenvalue weighted by molar-refractivity contribution is 6.17. The van der Waals surface area contributed by atoms with Gasteiger partial charge in [-0.15, -0.1) is 0 Å². The van der Waals surface area contributed by atoms with Crippen LogP contribution in [-0.2, 0) is 11.8 Å². The first-order valence-corrected chi connectivity index (χ1v) is 8.54. The van der Waals surface area contributed by atoms with Crippen molar-refractivity contribution >= 4 is 22.8 Å². The minimum absolute atomic E-state index is 0.164. The fraction of sp³-hybridized carbons (Fsp3) is 0.316. The molecule has 0 bridgehead atoms. The quantitative estimate of drug-likeness (QED) is 0.325. The number of carbonyl (C=O) groups excluding carboxylic acids is 2. The second-order valence-corrected chi connectivity index (χ2v) is 6.39. The van der Waals surface area contributed by atoms with E-state index in [0.717, 1.165) is 22.0 Å². The molecule has 1 aliphatic carbocycles. The Bertz CT molecular complexity index is 969. The minimum Gasteiger partial charge on any atom is -0.497 e. The van der Waals surface area contributed by atoms with Gasteiger partial charge in [0, 0.05) is 13.1 Å². The van der Waals surface area contributed by atoms with Gasteiger partial charge in [0.15, 0.2) is 17.3 Å². The Labute approximate surface area is 160 Å². The minimum atomic E-state index is -0.967. The first kappa shape index (κ1) is 19.3. The molecule has 9 heteroatoms. The van der Waals surface area contributed by atoms with Crippen LogP contribution in [0.1, 0.15) is 28.9 Å². The molecule has 146 valence electrons. The van der Waals surface area contributed by atoms with Crippen LogP contribution in [0.5, 0.6) is 11.5 Å². The molecule has 9 nitrogen and oxygen atoms in total. The molecule has 3 rings (SSSR count). The lowest BCUT2D eigenvalue weighted by atomic mass is 9.82. The number of carbonyl (C=O) groups is 2. The molecule has 1 atom stereocenters. The predicted octanol–water partition coefficient (Wildman–Crippen LogP) is 2.59. The van der Waals surface area contributed by atoms with Gasteiger partial charge in [-0.3, -0.25) is 24.4 Å². The summed E-state index contributed by atoms with van der Waals surface area (Å²) in [5, 5.41) is 14.9. The predicted molar refractivity (Wildman–Crippen MR) is 99.4 cm³/mol. The molecule has 0 aliphatic heterocycles. The van der Waals surface area contributed by atoms with Gasteiger partial charge in [0.2, 0.25) is 0 Å². The third-order valence-electron chi connectivity index (χ3n) is 4.75. The number of Topliss-reactive ketones (excluding diaryl/α,β-unsaturated/α-hetero) is 1. The highest BCUT2D eigenvalue weighted by atomic mass is 16.6. The Kier molecular flexibility index (Phi) is 5.25. The smallest absolute Gasteiger partial charge is 0.318 e. The van der Waals surface area contributed by atoms with Gasteiger partial charge in [-0.25, -0.2) is 0 Å². The van der Waals surface area contributed by atoms with Gasteiger partial charge in [0.25, 0.3) is 0 Å². The van der Waals surface area contributed by atoms with Crippen molar-refractivity contribution in [3.8, 4) is 11.5 Å². The van der Waals surface area contributed by atoms with Crippen LogP contribution in [0.2, 0.25) is 0 Å². The number of benzene rings is 1. The Morgan fingerprint density at radius 2 is 1.89 bits per heavy atom. The summed E-state index contributed by atoms with van der Waals surface area (Å²) in [7, 11) is 4.51. The van der Waals surface area contributed by atoms with E-state index in [2.05, 4.69) is 5.10 Å². The number of hydrogen-bond acceptors (Lipinski definition) is 7. The first-order valence-electron chi connectivity index (χ1n) is 8.54. The van der Waals surface area contributed by atoms with Crippen molar-refractivity contribution in [3.63, 3.8) is 0 Å². The number of hydrogen-bond donors (Lipinski definition) is 0. The maximum Gasteiger partial charge on any atom is 0.318 e. The maximum atomic E-state index is 12.8. The molecule has 0 fully saturated rings. The molecule has 28 heavy (non-hydrogen) atoms. The third-order valence-corrected chi connectivity index (χ3v) is 4.75. The van der Waals surface area contributed by atoms with Crippen LogP contribution in [0, 0.1) is 16.0 Å². The lowest BCUT2D eigenvalue weighted by molar-refractivity contribution is -0.385. The number of rotatable bonds is 6. The molecule has 0 saturated carbocycles. The van der Waals surface area contributed by atoms with Crippen LogP contribution in [0.25, 0.3) is 5.57 Å². The van der Waals surface area contributed by atoms with Crippen LogP contribution in [0.15, 0.2) is 30.5 Å². The summed E-state index contributed by atoms with van der Waals surface area (Å²) in [4.78, 5) is 35.9. The number of ketones is 2. The van der Waals surface area contributed by atoms with Gasteiger partial charge in [0.05, 0.1) is 25.1 Å². The average molecular weight is 385 g/mol. The average Bonchev–Trinajstić information content (AvgIpc) is 3.08. The van der Waals surface area contributed by atoms with E-state index < -0.39 is 22.3 Å². The first-order chi connectivity index (χ1) is 13.3. The lowest BCUT2D eigenvalue weighted by Crippen LogP contribution is -2.28. The number of methoxy groups -OCH3 is 2. The topological polar surface area (TPSA) is 114 Å². The van der Waals surface area contributed by atoms with Crippen molar-refractivity contribution in [1.29, 1.82) is 0 Å². The molecule has 1 aromatic carbocycles. The molecule has 1 unspecified atom stereocenters. The highest BCUT2D eigenvalue weighted by Crippen LogP contribution is 2.35. The fourth-order valence-electron chi connectivity index (χ4n) is 3.28. The normalized spacial score (nSPS) is 16.5. The molecule has 0 N–H and O–H groups in total. The number of nitro groups is 1. The van der Waals surface area contributed by atoms with Crippen LogP contribution in [-0.4, -0.2) is 40.5 Å². The SMILES string of the molecule is COc1cc(OC)cc(C2=CC(=O)C(C(=O)c3c([N+](=O)[O-])cnn3C)CC2)c1. The second kappa shape index (κ2) is 7.63. The molecule has 0 saturated heterocycles. The zero-order chi connectivity index (χ0) is 20.4. The van der Waals surface area contributed by atoms with Gasteiger partial charge < -0.3 is 9.47 Å². The van der Waals surface area contributed by atoms with Gasteiger partial charge in [-0.05, 0) is 42.2 Å². The number of allylic oxidation sites excluding steroid dienone is 2. The summed E-state index contributed by atoms with van der Waals surface area (Å²) in [6.45, 7) is 0. The van der Waals surface area contributed by atoms with Crippen LogP contribution >= 0.6 is 0 Å². The maximum absolute atomic E-state index is 12.8. The van der Waals surface area contributed by atoms with Crippen molar-refractivity contribution in [2.24, 2.45) is 13.0 Å². The monoisotopic (exact) mass is 385 g/mol. The number of ether oxygens (including phenoxy) is 2. The Morgan fingerprint density at radius 1 is 1.25 bits per heavy atom. The van der Waals surface area contributed by atoms with E-state index in [1.54, 1.807) is 18.2 Å². The van der Waals surface area contributed by atoms with Crippen molar-refractivity contribution in [3.05, 3.63) is 51.8 Å². The largest absolute Gasteiger partial charge is 0.497 e. The summed E-state index contributed by atoms with van der Waals surface area (Å²) < 4.78 is 11.6. The summed E-state index contributed by atoms with van der Waals surface area (Å²) in [6, 6.07) is 5.30. The van der Waals surface area contributed by atoms with E-state index in [9.17, 15) is 19.7 Å². The van der Waals surface area contributed by atoms with Gasteiger partial charge in [-0.1, -0.05) is 0 Å². The number of aryl methyl sites for hydroxylation is 1. The Hall–Kier alpha value is -3.49. The van der Waals surface area contributed by atoms with Crippen molar-refractivity contribution < 1.29 is 24.0 Å². The summed E-state index contributed by atoms with van der Waals surface area (Å²) in [6.07, 6.45) is 3.16. The highest BCUT2D eigenvalue weighted by Gasteiger charge is 2.36.